The van der Waals surface area contributed by atoms with E-state index in [-0.39, 0.29) is 73.6 Å². The number of aromatic carboxylic acids is 1. The van der Waals surface area contributed by atoms with Crippen molar-refractivity contribution in [3.63, 3.8) is 0 Å². The number of halogens is 1. The number of nitrogens with zero attached hydrogens (tertiary/aromatic N) is 1. The zero-order valence-electron chi connectivity index (χ0n) is 11.7. The second-order valence-electron chi connectivity index (χ2n) is 3.99. The molecule has 0 radical (unpaired) electrons. The van der Waals surface area contributed by atoms with Gasteiger partial charge in [-0.1, -0.05) is 29.4 Å². The van der Waals surface area contributed by atoms with E-state index in [1.807, 2.05) is 0 Å². The predicted molar refractivity (Wildman–Crippen MR) is 79.4 cm³/mol. The van der Waals surface area contributed by atoms with Crippen LogP contribution in [0.3, 0.4) is 0 Å². The van der Waals surface area contributed by atoms with Crippen LogP contribution in [0.1, 0.15) is 10.4 Å². The molecule has 1 amide bonds. The smallest absolute Gasteiger partial charge is 0.545 e. The van der Waals surface area contributed by atoms with Gasteiger partial charge in [-0.2, -0.15) is 0 Å². The summed E-state index contributed by atoms with van der Waals surface area (Å²) in [5.74, 6) is -1.57. The van der Waals surface area contributed by atoms with Crippen LogP contribution in [0.5, 0.6) is 0 Å². The van der Waals surface area contributed by atoms with Gasteiger partial charge in [-0.25, -0.2) is 4.98 Å². The van der Waals surface area contributed by atoms with E-state index < -0.39 is 5.97 Å². The Morgan fingerprint density at radius 2 is 2.05 bits per heavy atom. The molecule has 1 aromatic carbocycles. The molecule has 1 heterocycles. The number of hydrogen-bond donors (Lipinski definition) is 1. The van der Waals surface area contributed by atoms with Gasteiger partial charge in [0.15, 0.2) is 0 Å². The third-order valence-electron chi connectivity index (χ3n) is 2.44. The topological polar surface area (TPSA) is 82.1 Å². The first kappa shape index (κ1) is 19.6. The number of carbonyl (C=O) groups is 2. The normalized spacial score (nSPS) is 9.68. The van der Waals surface area contributed by atoms with Crippen molar-refractivity contribution in [2.45, 2.75) is 5.03 Å². The molecule has 0 atom stereocenters. The van der Waals surface area contributed by atoms with Crippen molar-refractivity contribution in [2.24, 2.45) is 0 Å². The molecule has 1 N–H and O–H groups in total. The van der Waals surface area contributed by atoms with Crippen molar-refractivity contribution in [1.82, 2.24) is 4.98 Å². The van der Waals surface area contributed by atoms with E-state index in [0.29, 0.717) is 10.7 Å². The zero-order valence-corrected chi connectivity index (χ0v) is 16.4. The van der Waals surface area contributed by atoms with E-state index in [9.17, 15) is 14.7 Å². The van der Waals surface area contributed by atoms with Crippen LogP contribution in [0.25, 0.3) is 0 Å². The molecule has 0 aliphatic rings. The van der Waals surface area contributed by atoms with Crippen molar-refractivity contribution < 1.29 is 66.1 Å². The van der Waals surface area contributed by atoms with Crippen LogP contribution >= 0.6 is 23.4 Å². The Hall–Kier alpha value is -0.414. The van der Waals surface area contributed by atoms with E-state index in [1.165, 1.54) is 18.3 Å². The molecule has 0 aliphatic heterocycles. The number of benzene rings is 1. The number of carboxylic acids is 1. The summed E-state index contributed by atoms with van der Waals surface area (Å²) in [5, 5.41) is 14.3. The second-order valence-corrected chi connectivity index (χ2v) is 5.39. The van der Waals surface area contributed by atoms with Gasteiger partial charge in [-0.3, -0.25) is 4.79 Å². The molecular weight excluding hydrogens is 351 g/mol. The maximum Gasteiger partial charge on any atom is 1.00 e. The number of carbonyl (C=O) groups excluding carboxylic acids is 2. The molecule has 22 heavy (non-hydrogen) atoms. The third kappa shape index (κ3) is 6.00. The van der Waals surface area contributed by atoms with Crippen molar-refractivity contribution in [3.8, 4) is 0 Å². The fourth-order valence-electron chi connectivity index (χ4n) is 1.56. The molecular formula is C14H10ClKN2O3S. The summed E-state index contributed by atoms with van der Waals surface area (Å²) < 4.78 is 0. The quantitative estimate of drug-likeness (QED) is 0.537. The largest absolute Gasteiger partial charge is 1.00 e. The predicted octanol–water partition coefficient (Wildman–Crippen LogP) is -1.17. The number of nitrogens with one attached hydrogen (secondary N) is 1. The Morgan fingerprint density at radius 1 is 1.27 bits per heavy atom. The zero-order chi connectivity index (χ0) is 15.2. The molecule has 108 valence electrons. The number of carboxylic acid groups (broad SMARTS) is 1. The van der Waals surface area contributed by atoms with Crippen LogP contribution < -0.4 is 61.8 Å². The van der Waals surface area contributed by atoms with Crippen LogP contribution in [0.15, 0.2) is 47.6 Å². The molecule has 0 aliphatic carbocycles. The first-order valence-corrected chi connectivity index (χ1v) is 7.27. The molecule has 1 aromatic heterocycles. The number of rotatable bonds is 5. The maximum absolute atomic E-state index is 11.8. The van der Waals surface area contributed by atoms with Gasteiger partial charge in [0.1, 0.15) is 5.03 Å². The van der Waals surface area contributed by atoms with Gasteiger partial charge in [0.2, 0.25) is 5.91 Å². The molecule has 0 bridgehead atoms. The maximum atomic E-state index is 11.8. The SMILES string of the molecule is O=C(CSc1ncccc1C(=O)[O-])Nc1cccc(Cl)c1.[K+]. The van der Waals surface area contributed by atoms with Crippen molar-refractivity contribution in [3.05, 3.63) is 53.2 Å². The molecule has 0 unspecified atom stereocenters. The Bertz CT molecular complexity index is 685. The Morgan fingerprint density at radius 3 is 2.73 bits per heavy atom. The van der Waals surface area contributed by atoms with Gasteiger partial charge in [-0.15, -0.1) is 0 Å². The van der Waals surface area contributed by atoms with Crippen LogP contribution in [-0.4, -0.2) is 22.6 Å². The summed E-state index contributed by atoms with van der Waals surface area (Å²) in [6.45, 7) is 0. The number of pyridine rings is 1. The number of aromatic nitrogens is 1. The number of hydrogen-bond acceptors (Lipinski definition) is 5. The van der Waals surface area contributed by atoms with E-state index in [0.717, 1.165) is 11.8 Å². The average Bonchev–Trinajstić information content (AvgIpc) is 2.45. The van der Waals surface area contributed by atoms with Crippen molar-refractivity contribution in [2.75, 3.05) is 11.1 Å². The number of thioether (sulfide) groups is 1. The molecule has 0 fully saturated rings. The van der Waals surface area contributed by atoms with Gasteiger partial charge < -0.3 is 15.2 Å². The minimum absolute atomic E-state index is 0. The van der Waals surface area contributed by atoms with Gasteiger partial charge >= 0.3 is 51.4 Å². The summed E-state index contributed by atoms with van der Waals surface area (Å²) in [6.07, 6.45) is 1.46. The summed E-state index contributed by atoms with van der Waals surface area (Å²) in [5.41, 5.74) is 0.548. The molecule has 0 spiro atoms. The Labute approximate surface area is 179 Å². The molecule has 2 rings (SSSR count). The standard InChI is InChI=1S/C14H11ClN2O3S.K/c15-9-3-1-4-10(7-9)17-12(18)8-21-13-11(14(19)20)5-2-6-16-13;/h1-7H,8H2,(H,17,18)(H,19,20);/q;+1/p-1. The van der Waals surface area contributed by atoms with E-state index in [2.05, 4.69) is 10.3 Å². The number of anilines is 1. The Kier molecular flexibility index (Phi) is 8.62. The summed E-state index contributed by atoms with van der Waals surface area (Å²) in [7, 11) is 0. The minimum atomic E-state index is -1.32. The monoisotopic (exact) mass is 360 g/mol. The fourth-order valence-corrected chi connectivity index (χ4v) is 2.53. The summed E-state index contributed by atoms with van der Waals surface area (Å²) >= 11 is 6.85. The van der Waals surface area contributed by atoms with E-state index in [4.69, 9.17) is 11.6 Å². The van der Waals surface area contributed by atoms with Gasteiger partial charge in [0, 0.05) is 22.5 Å². The average molecular weight is 361 g/mol. The van der Waals surface area contributed by atoms with Crippen molar-refractivity contribution >= 4 is 40.9 Å². The van der Waals surface area contributed by atoms with Crippen LogP contribution in [0.2, 0.25) is 5.02 Å². The minimum Gasteiger partial charge on any atom is -0.545 e. The molecule has 0 saturated carbocycles. The third-order valence-corrected chi connectivity index (χ3v) is 3.68. The first-order valence-electron chi connectivity index (χ1n) is 5.91. The molecule has 5 nitrogen and oxygen atoms in total. The number of amides is 1. The van der Waals surface area contributed by atoms with E-state index in [1.54, 1.807) is 24.3 Å². The molecule has 2 aromatic rings. The second kappa shape index (κ2) is 9.66. The summed E-state index contributed by atoms with van der Waals surface area (Å²) in [6, 6.07) is 9.64. The first-order chi connectivity index (χ1) is 10.1. The van der Waals surface area contributed by atoms with Crippen LogP contribution in [0, 0.1) is 0 Å². The molecule has 8 heteroatoms. The summed E-state index contributed by atoms with van der Waals surface area (Å²) in [4.78, 5) is 26.7. The Balaban J connectivity index is 0.00000242. The fraction of sp³-hybridized carbons (Fsp3) is 0.0714. The van der Waals surface area contributed by atoms with Gasteiger partial charge in [0.05, 0.1) is 11.7 Å². The van der Waals surface area contributed by atoms with Gasteiger partial charge in [-0.05, 0) is 30.3 Å². The van der Waals surface area contributed by atoms with Crippen LogP contribution in [-0.2, 0) is 4.79 Å². The van der Waals surface area contributed by atoms with Crippen LogP contribution in [0.4, 0.5) is 5.69 Å². The van der Waals surface area contributed by atoms with Crippen molar-refractivity contribution in [1.29, 1.82) is 0 Å². The molecule has 0 saturated heterocycles. The van der Waals surface area contributed by atoms with Gasteiger partial charge in [0.25, 0.3) is 0 Å². The van der Waals surface area contributed by atoms with E-state index >= 15 is 0 Å².